The largest absolute Gasteiger partial charge is 0.390 e. The Hall–Kier alpha value is -0.770. The van der Waals surface area contributed by atoms with Crippen LogP contribution in [0.1, 0.15) is 97.3 Å². The van der Waals surface area contributed by atoms with Gasteiger partial charge in [0.2, 0.25) is 0 Å². The highest BCUT2D eigenvalue weighted by Gasteiger charge is 2.57. The second-order valence-electron chi connectivity index (χ2n) is 10.3. The molecule has 2 unspecified atom stereocenters. The molecule has 4 saturated carbocycles. The summed E-state index contributed by atoms with van der Waals surface area (Å²) in [5, 5.41) is 12.9. The SMILES string of the molecule is CC(C)(O)CCCCCCCC12CC3CC(C1)CC(NC(N)=O)(C3)C2. The number of aliphatic hydroxyl groups is 1. The molecule has 0 spiro atoms. The minimum absolute atomic E-state index is 0.0165. The number of hydrogen-bond acceptors (Lipinski definition) is 2. The summed E-state index contributed by atoms with van der Waals surface area (Å²) in [7, 11) is 0. The third kappa shape index (κ3) is 4.90. The van der Waals surface area contributed by atoms with E-state index in [9.17, 15) is 9.90 Å². The minimum atomic E-state index is -0.513. The number of carbonyl (C=O) groups is 1. The van der Waals surface area contributed by atoms with Crippen LogP contribution in [-0.2, 0) is 0 Å². The van der Waals surface area contributed by atoms with E-state index in [-0.39, 0.29) is 11.6 Å². The molecule has 4 fully saturated rings. The molecule has 144 valence electrons. The van der Waals surface area contributed by atoms with Crippen LogP contribution in [0.25, 0.3) is 0 Å². The molecule has 0 aromatic carbocycles. The Morgan fingerprint density at radius 1 is 1.08 bits per heavy atom. The number of amides is 2. The molecular formula is C21H38N2O2. The molecule has 2 amide bonds. The Morgan fingerprint density at radius 3 is 2.28 bits per heavy atom. The summed E-state index contributed by atoms with van der Waals surface area (Å²) in [6.45, 7) is 3.80. The van der Waals surface area contributed by atoms with E-state index in [1.807, 2.05) is 13.8 Å². The second-order valence-corrected chi connectivity index (χ2v) is 10.3. The first kappa shape index (κ1) is 19.0. The second kappa shape index (κ2) is 7.09. The first-order chi connectivity index (χ1) is 11.7. The minimum Gasteiger partial charge on any atom is -0.390 e. The van der Waals surface area contributed by atoms with Crippen LogP contribution in [0.15, 0.2) is 0 Å². The van der Waals surface area contributed by atoms with Gasteiger partial charge in [0.1, 0.15) is 0 Å². The highest BCUT2D eigenvalue weighted by atomic mass is 16.3. The third-order valence-corrected chi connectivity index (χ3v) is 7.07. The van der Waals surface area contributed by atoms with E-state index in [0.29, 0.717) is 5.41 Å². The molecule has 2 atom stereocenters. The van der Waals surface area contributed by atoms with Gasteiger partial charge in [-0.25, -0.2) is 4.79 Å². The number of nitrogens with one attached hydrogen (secondary N) is 1. The molecule has 4 nitrogen and oxygen atoms in total. The molecule has 0 aliphatic heterocycles. The molecule has 0 aromatic rings. The fourth-order valence-electron chi connectivity index (χ4n) is 6.74. The summed E-state index contributed by atoms with van der Waals surface area (Å²) >= 11 is 0. The van der Waals surface area contributed by atoms with Crippen molar-refractivity contribution in [3.63, 3.8) is 0 Å². The smallest absolute Gasteiger partial charge is 0.312 e. The van der Waals surface area contributed by atoms with E-state index < -0.39 is 5.60 Å². The standard InChI is InChI=1S/C21H38N2O2/c1-19(2,25)8-6-4-3-5-7-9-20-11-16-10-17(12-20)14-21(13-16,15-20)23-18(22)24/h16-17,25H,3-15H2,1-2H3,(H3,22,23,24). The molecule has 4 aliphatic carbocycles. The molecule has 4 heteroatoms. The van der Waals surface area contributed by atoms with Crippen LogP contribution in [0.5, 0.6) is 0 Å². The molecule has 4 aliphatic rings. The Balaban J connectivity index is 1.44. The van der Waals surface area contributed by atoms with Crippen molar-refractivity contribution in [2.75, 3.05) is 0 Å². The van der Waals surface area contributed by atoms with E-state index in [4.69, 9.17) is 5.73 Å². The fourth-order valence-corrected chi connectivity index (χ4v) is 6.74. The maximum absolute atomic E-state index is 11.5. The van der Waals surface area contributed by atoms with E-state index in [0.717, 1.165) is 43.9 Å². The molecule has 0 aromatic heterocycles. The first-order valence-corrected chi connectivity index (χ1v) is 10.5. The van der Waals surface area contributed by atoms with Gasteiger partial charge in [-0.15, -0.1) is 0 Å². The molecule has 0 heterocycles. The van der Waals surface area contributed by atoms with Gasteiger partial charge in [-0.3, -0.25) is 0 Å². The average Bonchev–Trinajstić information content (AvgIpc) is 2.42. The summed E-state index contributed by atoms with van der Waals surface area (Å²) in [5.74, 6) is 1.61. The van der Waals surface area contributed by atoms with E-state index in [1.165, 1.54) is 51.4 Å². The Labute approximate surface area is 153 Å². The van der Waals surface area contributed by atoms with E-state index >= 15 is 0 Å². The summed E-state index contributed by atoms with van der Waals surface area (Å²) in [4.78, 5) is 11.5. The predicted octanol–water partition coefficient (Wildman–Crippen LogP) is 4.50. The van der Waals surface area contributed by atoms with Gasteiger partial charge in [-0.05, 0) is 82.5 Å². The van der Waals surface area contributed by atoms with Crippen LogP contribution in [0, 0.1) is 17.3 Å². The summed E-state index contributed by atoms with van der Waals surface area (Å²) < 4.78 is 0. The Kier molecular flexibility index (Phi) is 5.39. The summed E-state index contributed by atoms with van der Waals surface area (Å²) in [5.41, 5.74) is 5.46. The van der Waals surface area contributed by atoms with E-state index in [2.05, 4.69) is 5.32 Å². The van der Waals surface area contributed by atoms with Crippen molar-refractivity contribution < 1.29 is 9.90 Å². The third-order valence-electron chi connectivity index (χ3n) is 7.07. The van der Waals surface area contributed by atoms with Crippen LogP contribution >= 0.6 is 0 Å². The van der Waals surface area contributed by atoms with Crippen molar-refractivity contribution in [3.8, 4) is 0 Å². The van der Waals surface area contributed by atoms with Crippen molar-refractivity contribution in [1.29, 1.82) is 0 Å². The Bertz CT molecular complexity index is 469. The van der Waals surface area contributed by atoms with Crippen molar-refractivity contribution in [2.45, 2.75) is 108 Å². The number of rotatable bonds is 9. The van der Waals surface area contributed by atoms with E-state index in [1.54, 1.807) is 0 Å². The quantitative estimate of drug-likeness (QED) is 0.536. The molecule has 0 saturated heterocycles. The zero-order valence-corrected chi connectivity index (χ0v) is 16.3. The van der Waals surface area contributed by atoms with Crippen molar-refractivity contribution >= 4 is 6.03 Å². The van der Waals surface area contributed by atoms with Crippen LogP contribution in [-0.4, -0.2) is 22.3 Å². The molecule has 4 bridgehead atoms. The molecule has 0 radical (unpaired) electrons. The highest BCUT2D eigenvalue weighted by molar-refractivity contribution is 5.72. The first-order valence-electron chi connectivity index (χ1n) is 10.5. The fraction of sp³-hybridized carbons (Fsp3) is 0.952. The normalized spacial score (nSPS) is 36.6. The van der Waals surface area contributed by atoms with Gasteiger partial charge >= 0.3 is 6.03 Å². The molecule has 4 N–H and O–H groups in total. The maximum Gasteiger partial charge on any atom is 0.312 e. The van der Waals surface area contributed by atoms with Crippen molar-refractivity contribution in [3.05, 3.63) is 0 Å². The van der Waals surface area contributed by atoms with Crippen molar-refractivity contribution in [1.82, 2.24) is 5.32 Å². The van der Waals surface area contributed by atoms with Crippen LogP contribution in [0.3, 0.4) is 0 Å². The highest BCUT2D eigenvalue weighted by Crippen LogP contribution is 2.63. The Morgan fingerprint density at radius 2 is 1.68 bits per heavy atom. The predicted molar refractivity (Wildman–Crippen MR) is 101 cm³/mol. The van der Waals surface area contributed by atoms with Gasteiger partial charge < -0.3 is 16.2 Å². The number of carbonyl (C=O) groups excluding carboxylic acids is 1. The number of hydrogen-bond donors (Lipinski definition) is 3. The molecule has 4 rings (SSSR count). The monoisotopic (exact) mass is 350 g/mol. The molecule has 25 heavy (non-hydrogen) atoms. The number of primary amides is 1. The topological polar surface area (TPSA) is 75.3 Å². The summed E-state index contributed by atoms with van der Waals surface area (Å²) in [6, 6.07) is -0.330. The summed E-state index contributed by atoms with van der Waals surface area (Å²) in [6.07, 6.45) is 16.1. The molecular weight excluding hydrogens is 312 g/mol. The van der Waals surface area contributed by atoms with Gasteiger partial charge in [-0.1, -0.05) is 32.1 Å². The van der Waals surface area contributed by atoms with Crippen molar-refractivity contribution in [2.24, 2.45) is 23.0 Å². The lowest BCUT2D eigenvalue weighted by molar-refractivity contribution is -0.0814. The lowest BCUT2D eigenvalue weighted by Gasteiger charge is -2.62. The number of nitrogens with two attached hydrogens (primary N) is 1. The van der Waals surface area contributed by atoms with Gasteiger partial charge in [0.15, 0.2) is 0 Å². The lowest BCUT2D eigenvalue weighted by atomic mass is 9.46. The number of urea groups is 1. The van der Waals surface area contributed by atoms with Crippen LogP contribution < -0.4 is 11.1 Å². The van der Waals surface area contributed by atoms with Gasteiger partial charge in [0.25, 0.3) is 0 Å². The van der Waals surface area contributed by atoms with Gasteiger partial charge in [-0.2, -0.15) is 0 Å². The van der Waals surface area contributed by atoms with Crippen LogP contribution in [0.2, 0.25) is 0 Å². The average molecular weight is 351 g/mol. The lowest BCUT2D eigenvalue weighted by Crippen LogP contribution is -2.63. The zero-order valence-electron chi connectivity index (χ0n) is 16.3. The number of unbranched alkanes of at least 4 members (excludes halogenated alkanes) is 4. The van der Waals surface area contributed by atoms with Gasteiger partial charge in [0.05, 0.1) is 5.60 Å². The maximum atomic E-state index is 11.5. The van der Waals surface area contributed by atoms with Gasteiger partial charge in [0, 0.05) is 5.54 Å². The zero-order chi connectivity index (χ0) is 18.1. The van der Waals surface area contributed by atoms with Crippen LogP contribution in [0.4, 0.5) is 4.79 Å².